The van der Waals surface area contributed by atoms with E-state index in [-0.39, 0.29) is 11.9 Å². The van der Waals surface area contributed by atoms with Gasteiger partial charge in [0.15, 0.2) is 0 Å². The minimum Gasteiger partial charge on any atom is -0.469 e. The minimum absolute atomic E-state index is 0.0572. The van der Waals surface area contributed by atoms with Crippen LogP contribution >= 0.6 is 0 Å². The van der Waals surface area contributed by atoms with Crippen LogP contribution in [0.4, 0.5) is 4.79 Å². The topological polar surface area (TPSA) is 93.4 Å². The Morgan fingerprint density at radius 2 is 1.88 bits per heavy atom. The molecule has 0 aliphatic heterocycles. The highest BCUT2D eigenvalue weighted by molar-refractivity contribution is 5.72. The number of carbonyl (C=O) groups excluding carboxylic acids is 2. The van der Waals surface area contributed by atoms with Crippen LogP contribution in [0.1, 0.15) is 25.7 Å². The Morgan fingerprint density at radius 3 is 2.41 bits per heavy atom. The van der Waals surface area contributed by atoms with Crippen LogP contribution in [0, 0.1) is 5.92 Å². The number of carbonyl (C=O) groups is 2. The van der Waals surface area contributed by atoms with Gasteiger partial charge in [-0.25, -0.2) is 4.79 Å². The molecule has 0 radical (unpaired) electrons. The average molecular weight is 243 g/mol. The van der Waals surface area contributed by atoms with Gasteiger partial charge in [-0.1, -0.05) is 0 Å². The van der Waals surface area contributed by atoms with Crippen LogP contribution < -0.4 is 16.4 Å². The van der Waals surface area contributed by atoms with E-state index in [1.54, 1.807) is 0 Å². The summed E-state index contributed by atoms with van der Waals surface area (Å²) in [5.74, 6) is -0.0411. The van der Waals surface area contributed by atoms with Crippen molar-refractivity contribution in [3.63, 3.8) is 0 Å². The normalized spacial score (nSPS) is 24.1. The number of hydrogen-bond donors (Lipinski definition) is 3. The molecule has 2 amide bonds. The van der Waals surface area contributed by atoms with Crippen LogP contribution in [0.3, 0.4) is 0 Å². The van der Waals surface area contributed by atoms with Crippen LogP contribution in [0.25, 0.3) is 0 Å². The first-order valence-electron chi connectivity index (χ1n) is 5.98. The van der Waals surface area contributed by atoms with Crippen LogP contribution in [0.2, 0.25) is 0 Å². The summed E-state index contributed by atoms with van der Waals surface area (Å²) in [5, 5.41) is 5.86. The van der Waals surface area contributed by atoms with E-state index in [1.807, 2.05) is 0 Å². The molecule has 1 aliphatic rings. The van der Waals surface area contributed by atoms with E-state index < -0.39 is 6.03 Å². The lowest BCUT2D eigenvalue weighted by Crippen LogP contribution is -2.41. The fourth-order valence-corrected chi connectivity index (χ4v) is 2.16. The monoisotopic (exact) mass is 243 g/mol. The number of nitrogens with two attached hydrogens (primary N) is 1. The quantitative estimate of drug-likeness (QED) is 0.467. The van der Waals surface area contributed by atoms with Crippen LogP contribution in [0.5, 0.6) is 0 Å². The van der Waals surface area contributed by atoms with Crippen molar-refractivity contribution in [2.24, 2.45) is 11.7 Å². The van der Waals surface area contributed by atoms with Gasteiger partial charge >= 0.3 is 12.0 Å². The van der Waals surface area contributed by atoms with Gasteiger partial charge in [-0.15, -0.1) is 0 Å². The standard InChI is InChI=1S/C11H21N3O3/c1-17-10(15)8-2-4-9(5-3-8)13-6-7-14-11(12)16/h8-9,13H,2-7H2,1H3,(H3,12,14,16). The fraction of sp³-hybridized carbons (Fsp3) is 0.818. The van der Waals surface area contributed by atoms with Gasteiger partial charge in [0.1, 0.15) is 0 Å². The predicted molar refractivity (Wildman–Crippen MR) is 63.4 cm³/mol. The highest BCUT2D eigenvalue weighted by atomic mass is 16.5. The van der Waals surface area contributed by atoms with Crippen molar-refractivity contribution >= 4 is 12.0 Å². The van der Waals surface area contributed by atoms with E-state index in [0.717, 1.165) is 25.7 Å². The SMILES string of the molecule is COC(=O)C1CCC(NCCNC(N)=O)CC1. The average Bonchev–Trinajstić information content (AvgIpc) is 2.34. The zero-order chi connectivity index (χ0) is 12.7. The summed E-state index contributed by atoms with van der Waals surface area (Å²) in [4.78, 5) is 21.7. The van der Waals surface area contributed by atoms with Crippen LogP contribution in [-0.2, 0) is 9.53 Å². The molecule has 0 spiro atoms. The number of primary amides is 1. The molecule has 4 N–H and O–H groups in total. The van der Waals surface area contributed by atoms with E-state index in [4.69, 9.17) is 10.5 Å². The zero-order valence-electron chi connectivity index (χ0n) is 10.2. The smallest absolute Gasteiger partial charge is 0.312 e. The Kier molecular flexibility index (Phi) is 5.76. The molecule has 1 rings (SSSR count). The molecule has 1 fully saturated rings. The van der Waals surface area contributed by atoms with Crippen molar-refractivity contribution in [1.29, 1.82) is 0 Å². The number of esters is 1. The highest BCUT2D eigenvalue weighted by Crippen LogP contribution is 2.24. The molecular weight excluding hydrogens is 222 g/mol. The number of amides is 2. The second-order valence-corrected chi connectivity index (χ2v) is 4.32. The first-order chi connectivity index (χ1) is 8.13. The number of rotatable bonds is 5. The third-order valence-electron chi connectivity index (χ3n) is 3.12. The molecule has 0 heterocycles. The first kappa shape index (κ1) is 13.8. The van der Waals surface area contributed by atoms with Gasteiger partial charge in [0, 0.05) is 19.1 Å². The van der Waals surface area contributed by atoms with Gasteiger partial charge in [-0.05, 0) is 25.7 Å². The summed E-state index contributed by atoms with van der Waals surface area (Å²) < 4.78 is 4.73. The first-order valence-corrected chi connectivity index (χ1v) is 5.98. The fourth-order valence-electron chi connectivity index (χ4n) is 2.16. The molecule has 0 aromatic rings. The molecule has 17 heavy (non-hydrogen) atoms. The molecule has 0 unspecified atom stereocenters. The van der Waals surface area contributed by atoms with Crippen molar-refractivity contribution in [1.82, 2.24) is 10.6 Å². The lowest BCUT2D eigenvalue weighted by molar-refractivity contribution is -0.146. The van der Waals surface area contributed by atoms with E-state index in [2.05, 4.69) is 10.6 Å². The van der Waals surface area contributed by atoms with E-state index >= 15 is 0 Å². The van der Waals surface area contributed by atoms with E-state index in [0.29, 0.717) is 19.1 Å². The number of urea groups is 1. The van der Waals surface area contributed by atoms with Gasteiger partial charge < -0.3 is 21.1 Å². The summed E-state index contributed by atoms with van der Waals surface area (Å²) in [6.07, 6.45) is 3.67. The third-order valence-corrected chi connectivity index (χ3v) is 3.12. The second kappa shape index (κ2) is 7.11. The summed E-state index contributed by atoms with van der Waals surface area (Å²) in [6, 6.07) is -0.0771. The van der Waals surface area contributed by atoms with Crippen LogP contribution in [-0.4, -0.2) is 38.2 Å². The number of ether oxygens (including phenoxy) is 1. The molecule has 0 saturated heterocycles. The van der Waals surface area contributed by atoms with Crippen molar-refractivity contribution < 1.29 is 14.3 Å². The Hall–Kier alpha value is -1.30. The van der Waals surface area contributed by atoms with Gasteiger partial charge in [0.05, 0.1) is 13.0 Å². The van der Waals surface area contributed by atoms with Gasteiger partial charge in [-0.2, -0.15) is 0 Å². The van der Waals surface area contributed by atoms with Crippen molar-refractivity contribution in [2.75, 3.05) is 20.2 Å². The Bertz CT molecular complexity index is 263. The number of methoxy groups -OCH3 is 1. The molecule has 98 valence electrons. The Balaban J connectivity index is 2.10. The Labute approximate surface area is 101 Å². The molecule has 1 saturated carbocycles. The van der Waals surface area contributed by atoms with Crippen molar-refractivity contribution in [3.05, 3.63) is 0 Å². The summed E-state index contributed by atoms with van der Waals surface area (Å²) in [7, 11) is 1.43. The second-order valence-electron chi connectivity index (χ2n) is 4.32. The molecule has 6 heteroatoms. The number of hydrogen-bond acceptors (Lipinski definition) is 4. The summed E-state index contributed by atoms with van der Waals surface area (Å²) >= 11 is 0. The van der Waals surface area contributed by atoms with Gasteiger partial charge in [-0.3, -0.25) is 4.79 Å². The third kappa shape index (κ3) is 5.04. The van der Waals surface area contributed by atoms with Gasteiger partial charge in [0.25, 0.3) is 0 Å². The van der Waals surface area contributed by atoms with Crippen molar-refractivity contribution in [2.45, 2.75) is 31.7 Å². The maximum Gasteiger partial charge on any atom is 0.312 e. The predicted octanol–water partition coefficient (Wildman–Crippen LogP) is -0.0239. The molecule has 0 atom stereocenters. The minimum atomic E-state index is -0.499. The van der Waals surface area contributed by atoms with E-state index in [1.165, 1.54) is 7.11 Å². The summed E-state index contributed by atoms with van der Waals surface area (Å²) in [5.41, 5.74) is 4.95. The Morgan fingerprint density at radius 1 is 1.24 bits per heavy atom. The summed E-state index contributed by atoms with van der Waals surface area (Å²) in [6.45, 7) is 1.24. The van der Waals surface area contributed by atoms with Crippen LogP contribution in [0.15, 0.2) is 0 Å². The molecule has 1 aliphatic carbocycles. The largest absolute Gasteiger partial charge is 0.469 e. The lowest BCUT2D eigenvalue weighted by atomic mass is 9.86. The molecule has 6 nitrogen and oxygen atoms in total. The molecule has 0 aromatic heterocycles. The number of nitrogens with one attached hydrogen (secondary N) is 2. The molecule has 0 bridgehead atoms. The zero-order valence-corrected chi connectivity index (χ0v) is 10.2. The molecule has 0 aromatic carbocycles. The van der Waals surface area contributed by atoms with E-state index in [9.17, 15) is 9.59 Å². The molecular formula is C11H21N3O3. The maximum absolute atomic E-state index is 11.3. The lowest BCUT2D eigenvalue weighted by Gasteiger charge is -2.27. The van der Waals surface area contributed by atoms with Crippen molar-refractivity contribution in [3.8, 4) is 0 Å². The highest BCUT2D eigenvalue weighted by Gasteiger charge is 2.26. The maximum atomic E-state index is 11.3. The van der Waals surface area contributed by atoms with Gasteiger partial charge in [0.2, 0.25) is 0 Å².